The molecule has 12 nitrogen and oxygen atoms in total. The molecule has 1 aliphatic carbocycles. The number of fused-ring (bicyclic) bond motifs is 2. The van der Waals surface area contributed by atoms with Crippen molar-refractivity contribution in [3.05, 3.63) is 106 Å². The van der Waals surface area contributed by atoms with E-state index >= 15 is 0 Å². The Morgan fingerprint density at radius 2 is 1.12 bits per heavy atom. The van der Waals surface area contributed by atoms with Gasteiger partial charge in [-0.2, -0.15) is 36.5 Å². The summed E-state index contributed by atoms with van der Waals surface area (Å²) >= 11 is 0. The minimum absolute atomic E-state index is 0.0225. The molecule has 2 aromatic heterocycles. The second-order valence-electron chi connectivity index (χ2n) is 19.5. The maximum atomic E-state index is 14.3. The zero-order valence-electron chi connectivity index (χ0n) is 39.5. The maximum absolute atomic E-state index is 14.3. The maximum Gasteiger partial charge on any atom is 0.435 e. The summed E-state index contributed by atoms with van der Waals surface area (Å²) in [6.07, 6.45) is -6.21. The summed E-state index contributed by atoms with van der Waals surface area (Å²) in [5.74, 6) is -1.62. The number of carboxylic acid groups (broad SMARTS) is 2. The lowest BCUT2D eigenvalue weighted by Gasteiger charge is -2.28. The van der Waals surface area contributed by atoms with Crippen LogP contribution in [-0.4, -0.2) is 66.1 Å². The van der Waals surface area contributed by atoms with E-state index < -0.39 is 70.2 Å². The summed E-state index contributed by atoms with van der Waals surface area (Å²) in [5.41, 5.74) is -1.79. The Labute approximate surface area is 396 Å². The smallest absolute Gasteiger partial charge is 0.435 e. The molecule has 5 aromatic rings. The van der Waals surface area contributed by atoms with Crippen LogP contribution in [0.2, 0.25) is 0 Å². The van der Waals surface area contributed by atoms with Gasteiger partial charge in [0.15, 0.2) is 23.6 Å². The van der Waals surface area contributed by atoms with Crippen molar-refractivity contribution in [2.24, 2.45) is 0 Å². The molecule has 372 valence electrons. The Kier molecular flexibility index (Phi) is 14.9. The number of carboxylic acids is 2. The Hall–Kier alpha value is -5.88. The number of aromatic nitrogens is 4. The first-order chi connectivity index (χ1) is 32.4. The van der Waals surface area contributed by atoms with Crippen LogP contribution < -0.4 is 9.47 Å². The van der Waals surface area contributed by atoms with Gasteiger partial charge in [0.05, 0.1) is 59.5 Å². The van der Waals surface area contributed by atoms with Gasteiger partial charge >= 0.3 is 24.3 Å². The Morgan fingerprint density at radius 3 is 1.58 bits per heavy atom. The fraction of sp³-hybridized carbons (Fsp3) is 0.490. The molecule has 2 unspecified atom stereocenters. The first-order valence-corrected chi connectivity index (χ1v) is 23.1. The highest BCUT2D eigenvalue weighted by atomic mass is 19.4. The average Bonchev–Trinajstić information content (AvgIpc) is 3.88. The predicted octanol–water partition coefficient (Wildman–Crippen LogP) is 12.2. The number of hydrogen-bond donors (Lipinski definition) is 2. The molecule has 0 radical (unpaired) electrons. The van der Waals surface area contributed by atoms with Crippen molar-refractivity contribution >= 4 is 11.9 Å². The highest BCUT2D eigenvalue weighted by Gasteiger charge is 2.47. The predicted molar refractivity (Wildman–Crippen MR) is 243 cm³/mol. The molecule has 2 atom stereocenters. The standard InChI is InChI=1S/C26H27F3N2O4.C25H31F3N2O4/c1-25(2,3)35-22(24(32)33)20-21(18-11-12-19-17(14-18)10-7-13-34-19)31(30-23(20)26(27,28)29)15-16-8-5-4-6-9-16;1-24(2,3)34-21(23(31)32)19-20(16-11-12-18-15(14-16)8-7-13-33-18)30(17-9-5-4-6-10-17)29-22(19)25(26,27)28/h4-6,8-9,11-12,14,22H,7,10,13,15H2,1-3H3,(H,32,33);11-12,14,17,21H,4-10,13H2,1-3H3,(H,31,32). The lowest BCUT2D eigenvalue weighted by molar-refractivity contribution is -0.164. The molecule has 3 aliphatic rings. The molecule has 0 amide bonds. The van der Waals surface area contributed by atoms with Gasteiger partial charge in [0.1, 0.15) is 11.5 Å². The van der Waals surface area contributed by atoms with E-state index in [1.807, 2.05) is 6.07 Å². The number of benzene rings is 3. The van der Waals surface area contributed by atoms with Gasteiger partial charge in [-0.15, -0.1) is 0 Å². The van der Waals surface area contributed by atoms with Crippen LogP contribution in [0.15, 0.2) is 66.7 Å². The molecule has 1 saturated carbocycles. The zero-order valence-corrected chi connectivity index (χ0v) is 39.5. The molecule has 69 heavy (non-hydrogen) atoms. The monoisotopic (exact) mass is 968 g/mol. The van der Waals surface area contributed by atoms with Crippen molar-refractivity contribution in [2.75, 3.05) is 13.2 Å². The van der Waals surface area contributed by atoms with Crippen LogP contribution in [-0.2, 0) is 50.8 Å². The van der Waals surface area contributed by atoms with E-state index in [0.717, 1.165) is 55.2 Å². The first kappa shape index (κ1) is 51.0. The van der Waals surface area contributed by atoms with Gasteiger partial charge in [0.25, 0.3) is 0 Å². The van der Waals surface area contributed by atoms with Crippen molar-refractivity contribution < 1.29 is 65.1 Å². The molecule has 0 spiro atoms. The van der Waals surface area contributed by atoms with E-state index in [2.05, 4.69) is 10.2 Å². The van der Waals surface area contributed by atoms with Crippen LogP contribution in [0.25, 0.3) is 22.5 Å². The number of nitrogens with zero attached hydrogens (tertiary/aromatic N) is 4. The van der Waals surface area contributed by atoms with Crippen molar-refractivity contribution in [1.29, 1.82) is 0 Å². The fourth-order valence-corrected chi connectivity index (χ4v) is 9.08. The molecule has 18 heteroatoms. The molecular formula is C51H58F6N4O8. The van der Waals surface area contributed by atoms with E-state index in [9.17, 15) is 46.1 Å². The molecular weight excluding hydrogens is 911 g/mol. The zero-order chi connectivity index (χ0) is 50.1. The van der Waals surface area contributed by atoms with Gasteiger partial charge in [-0.25, -0.2) is 9.59 Å². The summed E-state index contributed by atoms with van der Waals surface area (Å²) in [7, 11) is 0. The number of rotatable bonds is 11. The molecule has 0 bridgehead atoms. The SMILES string of the molecule is CC(C)(C)OC(C(=O)O)c1c(C(F)(F)F)nn(C2CCCCC2)c1-c1ccc2c(c1)CCCO2.CC(C)(C)OC(C(=O)O)c1c(C(F)(F)F)nn(Cc2ccccc2)c1-c1ccc2c(c1)CCCO2. The van der Waals surface area contributed by atoms with E-state index in [4.69, 9.17) is 18.9 Å². The summed E-state index contributed by atoms with van der Waals surface area (Å²) in [4.78, 5) is 24.6. The highest BCUT2D eigenvalue weighted by Crippen LogP contribution is 2.47. The van der Waals surface area contributed by atoms with Gasteiger partial charge in [0, 0.05) is 11.1 Å². The van der Waals surface area contributed by atoms with E-state index in [0.29, 0.717) is 55.1 Å². The van der Waals surface area contributed by atoms with Crippen molar-refractivity contribution in [3.8, 4) is 34.0 Å². The van der Waals surface area contributed by atoms with Crippen molar-refractivity contribution in [3.63, 3.8) is 0 Å². The number of carbonyl (C=O) groups is 2. The van der Waals surface area contributed by atoms with Crippen LogP contribution in [0.3, 0.4) is 0 Å². The molecule has 2 N–H and O–H groups in total. The number of ether oxygens (including phenoxy) is 4. The quantitative estimate of drug-likeness (QED) is 0.123. The highest BCUT2D eigenvalue weighted by molar-refractivity contribution is 5.81. The summed E-state index contributed by atoms with van der Waals surface area (Å²) in [6.45, 7) is 10.8. The van der Waals surface area contributed by atoms with Gasteiger partial charge in [-0.1, -0.05) is 49.6 Å². The van der Waals surface area contributed by atoms with Crippen molar-refractivity contribution in [1.82, 2.24) is 19.6 Å². The van der Waals surface area contributed by atoms with Crippen LogP contribution in [0.5, 0.6) is 11.5 Å². The number of aryl methyl sites for hydroxylation is 2. The number of hydrogen-bond acceptors (Lipinski definition) is 8. The Balaban J connectivity index is 0.000000204. The molecule has 2 aliphatic heterocycles. The van der Waals surface area contributed by atoms with Gasteiger partial charge in [0.2, 0.25) is 0 Å². The molecule has 4 heterocycles. The lowest BCUT2D eigenvalue weighted by Crippen LogP contribution is -2.29. The van der Waals surface area contributed by atoms with Crippen LogP contribution in [0.1, 0.15) is 144 Å². The number of aliphatic carboxylic acids is 2. The minimum Gasteiger partial charge on any atom is -0.493 e. The lowest BCUT2D eigenvalue weighted by atomic mass is 9.93. The normalized spacial score (nSPS) is 16.5. The van der Waals surface area contributed by atoms with E-state index in [1.165, 1.54) is 9.36 Å². The first-order valence-electron chi connectivity index (χ1n) is 23.1. The number of alkyl halides is 6. The van der Waals surface area contributed by atoms with Gasteiger partial charge in [-0.3, -0.25) is 9.36 Å². The summed E-state index contributed by atoms with van der Waals surface area (Å²) in [5, 5.41) is 28.0. The Bertz CT molecular complexity index is 2620. The van der Waals surface area contributed by atoms with E-state index in [-0.39, 0.29) is 24.0 Å². The van der Waals surface area contributed by atoms with Crippen LogP contribution in [0, 0.1) is 0 Å². The number of halogens is 6. The third-order valence-corrected chi connectivity index (χ3v) is 11.8. The topological polar surface area (TPSA) is 147 Å². The summed E-state index contributed by atoms with van der Waals surface area (Å²) < 4.78 is 111. The second-order valence-corrected chi connectivity index (χ2v) is 19.5. The second kappa shape index (κ2) is 20.2. The molecule has 3 aromatic carbocycles. The third kappa shape index (κ3) is 12.1. The van der Waals surface area contributed by atoms with Crippen LogP contribution in [0.4, 0.5) is 26.3 Å². The fourth-order valence-electron chi connectivity index (χ4n) is 9.08. The van der Waals surface area contributed by atoms with Crippen molar-refractivity contribution in [2.45, 2.75) is 148 Å². The van der Waals surface area contributed by atoms with Gasteiger partial charge in [-0.05, 0) is 133 Å². The van der Waals surface area contributed by atoms with Crippen LogP contribution >= 0.6 is 0 Å². The van der Waals surface area contributed by atoms with E-state index in [1.54, 1.807) is 102 Å². The average molecular weight is 969 g/mol. The third-order valence-electron chi connectivity index (χ3n) is 11.8. The molecule has 1 fully saturated rings. The minimum atomic E-state index is -4.89. The Morgan fingerprint density at radius 1 is 0.652 bits per heavy atom. The molecule has 8 rings (SSSR count). The molecule has 0 saturated heterocycles. The van der Waals surface area contributed by atoms with Gasteiger partial charge < -0.3 is 29.2 Å². The largest absolute Gasteiger partial charge is 0.493 e. The summed E-state index contributed by atoms with van der Waals surface area (Å²) in [6, 6.07) is 19.0.